The summed E-state index contributed by atoms with van der Waals surface area (Å²) in [5.74, 6) is -0.0601. The van der Waals surface area contributed by atoms with Gasteiger partial charge in [0.05, 0.1) is 18.2 Å². The van der Waals surface area contributed by atoms with Gasteiger partial charge in [0.2, 0.25) is 5.91 Å². The van der Waals surface area contributed by atoms with E-state index < -0.39 is 11.6 Å². The zero-order valence-corrected chi connectivity index (χ0v) is 18.0. The van der Waals surface area contributed by atoms with Crippen molar-refractivity contribution in [2.75, 3.05) is 0 Å². The molecule has 1 amide bonds. The third kappa shape index (κ3) is 4.26. The summed E-state index contributed by atoms with van der Waals surface area (Å²) in [5, 5.41) is 14.1. The number of halogens is 1. The lowest BCUT2D eigenvalue weighted by atomic mass is 9.91. The third-order valence-corrected chi connectivity index (χ3v) is 6.34. The van der Waals surface area contributed by atoms with Crippen molar-refractivity contribution in [3.8, 4) is 6.07 Å². The summed E-state index contributed by atoms with van der Waals surface area (Å²) in [6, 6.07) is 12.0. The summed E-state index contributed by atoms with van der Waals surface area (Å²) in [5.41, 5.74) is 7.39. The van der Waals surface area contributed by atoms with Crippen LogP contribution in [0.4, 0.5) is 0 Å². The first kappa shape index (κ1) is 20.1. The third-order valence-electron chi connectivity index (χ3n) is 5.11. The molecule has 1 aliphatic rings. The van der Waals surface area contributed by atoms with Crippen molar-refractivity contribution in [3.63, 3.8) is 0 Å². The number of thiophene rings is 1. The topological polar surface area (TPSA) is 70.1 Å². The molecule has 1 saturated carbocycles. The Kier molecular flexibility index (Phi) is 6.05. The zero-order valence-electron chi connectivity index (χ0n) is 15.6. The van der Waals surface area contributed by atoms with Crippen LogP contribution in [0.15, 0.2) is 45.6 Å². The summed E-state index contributed by atoms with van der Waals surface area (Å²) in [4.78, 5) is 14.6. The average molecular weight is 446 g/mol. The van der Waals surface area contributed by atoms with Crippen molar-refractivity contribution in [2.45, 2.75) is 50.7 Å². The van der Waals surface area contributed by atoms with Crippen LogP contribution in [0.25, 0.3) is 0 Å². The van der Waals surface area contributed by atoms with Gasteiger partial charge in [-0.05, 0) is 65.3 Å². The lowest BCUT2D eigenvalue weighted by molar-refractivity contribution is -0.125. The van der Waals surface area contributed by atoms with Crippen molar-refractivity contribution in [2.24, 2.45) is 11.7 Å². The predicted molar refractivity (Wildman–Crippen MR) is 112 cm³/mol. The molecule has 0 aliphatic heterocycles. The normalized spacial score (nSPS) is 17.5. The van der Waals surface area contributed by atoms with Gasteiger partial charge in [0.15, 0.2) is 0 Å². The molecule has 0 radical (unpaired) electrons. The molecule has 3 rings (SSSR count). The van der Waals surface area contributed by atoms with Gasteiger partial charge in [0.1, 0.15) is 5.54 Å². The first-order valence-electron chi connectivity index (χ1n) is 9.14. The highest BCUT2D eigenvalue weighted by atomic mass is 79.9. The molecule has 1 aliphatic carbocycles. The highest BCUT2D eigenvalue weighted by Gasteiger charge is 2.55. The molecule has 27 heavy (non-hydrogen) atoms. The van der Waals surface area contributed by atoms with Crippen LogP contribution in [0.1, 0.15) is 50.3 Å². The van der Waals surface area contributed by atoms with E-state index in [2.05, 4.69) is 64.3 Å². The number of amides is 1. The first-order chi connectivity index (χ1) is 12.9. The number of carbonyl (C=O) groups is 1. The van der Waals surface area contributed by atoms with Gasteiger partial charge in [-0.3, -0.25) is 9.69 Å². The van der Waals surface area contributed by atoms with Crippen molar-refractivity contribution in [3.05, 3.63) is 56.7 Å². The van der Waals surface area contributed by atoms with E-state index in [1.165, 1.54) is 0 Å². The number of nitrogens with zero attached hydrogens (tertiary/aromatic N) is 2. The van der Waals surface area contributed by atoms with Gasteiger partial charge in [0.25, 0.3) is 0 Å². The maximum atomic E-state index is 12.5. The average Bonchev–Trinajstić information content (AvgIpc) is 3.23. The molecule has 6 heteroatoms. The van der Waals surface area contributed by atoms with Gasteiger partial charge in [0, 0.05) is 4.47 Å². The van der Waals surface area contributed by atoms with Gasteiger partial charge in [-0.25, -0.2) is 0 Å². The highest BCUT2D eigenvalue weighted by molar-refractivity contribution is 9.10. The smallest absolute Gasteiger partial charge is 0.234 e. The number of hydrogen-bond donors (Lipinski definition) is 1. The van der Waals surface area contributed by atoms with E-state index in [0.29, 0.717) is 12.3 Å². The summed E-state index contributed by atoms with van der Waals surface area (Å²) < 4.78 is 0.997. The Hall–Kier alpha value is -1.68. The maximum absolute atomic E-state index is 12.5. The lowest BCUT2D eigenvalue weighted by Crippen LogP contribution is -2.53. The summed E-state index contributed by atoms with van der Waals surface area (Å²) >= 11 is 5.11. The second-order valence-corrected chi connectivity index (χ2v) is 9.30. The van der Waals surface area contributed by atoms with Crippen LogP contribution in [0.2, 0.25) is 0 Å². The molecule has 1 aromatic heterocycles. The van der Waals surface area contributed by atoms with E-state index in [1.807, 2.05) is 17.5 Å². The molecule has 1 heterocycles. The monoisotopic (exact) mass is 445 g/mol. The molecule has 1 unspecified atom stereocenters. The summed E-state index contributed by atoms with van der Waals surface area (Å²) in [6.45, 7) is 4.17. The zero-order chi connectivity index (χ0) is 19.6. The first-order valence-corrected chi connectivity index (χ1v) is 10.9. The minimum atomic E-state index is -0.631. The number of nitriles is 1. The van der Waals surface area contributed by atoms with Crippen molar-refractivity contribution in [1.82, 2.24) is 4.90 Å². The van der Waals surface area contributed by atoms with Gasteiger partial charge in [-0.1, -0.05) is 41.9 Å². The second kappa shape index (κ2) is 8.14. The number of rotatable bonds is 8. The summed E-state index contributed by atoms with van der Waals surface area (Å²) in [7, 11) is 0. The molecule has 0 bridgehead atoms. The molecule has 0 spiro atoms. The Morgan fingerprint density at radius 3 is 2.41 bits per heavy atom. The minimum absolute atomic E-state index is 0.178. The van der Waals surface area contributed by atoms with E-state index in [4.69, 9.17) is 5.73 Å². The quantitative estimate of drug-likeness (QED) is 0.630. The van der Waals surface area contributed by atoms with E-state index in [9.17, 15) is 10.1 Å². The predicted octanol–water partition coefficient (Wildman–Crippen LogP) is 4.86. The van der Waals surface area contributed by atoms with E-state index in [1.54, 1.807) is 11.3 Å². The second-order valence-electron chi connectivity index (χ2n) is 7.61. The molecule has 0 saturated heterocycles. The van der Waals surface area contributed by atoms with Crippen LogP contribution in [-0.2, 0) is 4.79 Å². The van der Waals surface area contributed by atoms with Gasteiger partial charge in [-0.15, -0.1) is 0 Å². The van der Waals surface area contributed by atoms with Gasteiger partial charge >= 0.3 is 0 Å². The molecular formula is C21H24BrN3OS. The number of nitrogens with two attached hydrogens (primary N) is 1. The van der Waals surface area contributed by atoms with E-state index >= 15 is 0 Å². The van der Waals surface area contributed by atoms with Crippen molar-refractivity contribution in [1.29, 1.82) is 5.26 Å². The largest absolute Gasteiger partial charge is 0.368 e. The van der Waals surface area contributed by atoms with Gasteiger partial charge < -0.3 is 5.73 Å². The Bertz CT molecular complexity index is 822. The fourth-order valence-electron chi connectivity index (χ4n) is 3.67. The van der Waals surface area contributed by atoms with Crippen LogP contribution in [0.5, 0.6) is 0 Å². The van der Waals surface area contributed by atoms with Crippen LogP contribution in [0, 0.1) is 17.2 Å². The summed E-state index contributed by atoms with van der Waals surface area (Å²) in [6.07, 6.45) is 2.17. The molecule has 2 N–H and O–H groups in total. The highest BCUT2D eigenvalue weighted by Crippen LogP contribution is 2.49. The Balaban J connectivity index is 2.15. The number of primary amides is 1. The Labute approximate surface area is 173 Å². The Morgan fingerprint density at radius 1 is 1.30 bits per heavy atom. The molecule has 4 nitrogen and oxygen atoms in total. The van der Waals surface area contributed by atoms with Crippen LogP contribution >= 0.6 is 27.3 Å². The number of benzene rings is 1. The lowest BCUT2D eigenvalue weighted by Gasteiger charge is -2.40. The van der Waals surface area contributed by atoms with Crippen LogP contribution in [0.3, 0.4) is 0 Å². The molecule has 2 atom stereocenters. The maximum Gasteiger partial charge on any atom is 0.234 e. The van der Waals surface area contributed by atoms with Crippen LogP contribution in [-0.4, -0.2) is 22.4 Å². The van der Waals surface area contributed by atoms with E-state index in [0.717, 1.165) is 28.4 Å². The van der Waals surface area contributed by atoms with Crippen molar-refractivity contribution >= 4 is 33.2 Å². The molecule has 1 aromatic carbocycles. The Morgan fingerprint density at radius 2 is 1.96 bits per heavy atom. The fraction of sp³-hybridized carbons (Fsp3) is 0.429. The van der Waals surface area contributed by atoms with E-state index in [-0.39, 0.29) is 11.9 Å². The fourth-order valence-corrected chi connectivity index (χ4v) is 4.62. The molecule has 1 fully saturated rings. The molecular weight excluding hydrogens is 422 g/mol. The van der Waals surface area contributed by atoms with Gasteiger partial charge in [-0.2, -0.15) is 16.6 Å². The standard InChI is InChI=1S/C21H24BrN3OS/c1-14(2)11-18(20(24)26)25(21(13-23)8-9-21)19(16-7-10-27-12-16)15-3-5-17(22)6-4-15/h3-7,10,12,14,18-19H,8-9,11H2,1-2H3,(H2,24,26)/t18-,19?/m0/s1. The molecule has 142 valence electrons. The van der Waals surface area contributed by atoms with Crippen molar-refractivity contribution < 1.29 is 4.79 Å². The SMILES string of the molecule is CC(C)C[C@@H](C(N)=O)N(C(c1ccc(Br)cc1)c1ccsc1)C1(C#N)CC1. The minimum Gasteiger partial charge on any atom is -0.368 e. The number of hydrogen-bond acceptors (Lipinski definition) is 4. The molecule has 2 aromatic rings. The van der Waals surface area contributed by atoms with Crippen LogP contribution < -0.4 is 5.73 Å². The number of carbonyl (C=O) groups excluding carboxylic acids is 1.